The van der Waals surface area contributed by atoms with E-state index in [-0.39, 0.29) is 17.9 Å². The van der Waals surface area contributed by atoms with Gasteiger partial charge in [0.15, 0.2) is 0 Å². The van der Waals surface area contributed by atoms with Gasteiger partial charge in [0.2, 0.25) is 0 Å². The van der Waals surface area contributed by atoms with Crippen LogP contribution in [-0.2, 0) is 11.2 Å². The van der Waals surface area contributed by atoms with Crippen LogP contribution in [-0.4, -0.2) is 16.5 Å². The summed E-state index contributed by atoms with van der Waals surface area (Å²) in [6, 6.07) is 10.2. The average Bonchev–Trinajstić information content (AvgIpc) is 2.33. The Bertz CT molecular complexity index is 594. The van der Waals surface area contributed by atoms with Crippen molar-refractivity contribution in [2.75, 3.05) is 0 Å². The van der Waals surface area contributed by atoms with Gasteiger partial charge in [-0.1, -0.05) is 28.1 Å². The topological polar surface area (TPSA) is 57.5 Å². The minimum Gasteiger partial charge on any atom is -0.508 e. The molecule has 2 N–H and O–H groups in total. The molecule has 0 bridgehead atoms. The molecule has 4 heteroatoms. The molecule has 2 aromatic rings. The summed E-state index contributed by atoms with van der Waals surface area (Å²) in [5.74, 6) is 0.0534. The molecular formula is C14H11BrO3. The van der Waals surface area contributed by atoms with E-state index in [4.69, 9.17) is 0 Å². The van der Waals surface area contributed by atoms with Crippen LogP contribution >= 0.6 is 15.9 Å². The van der Waals surface area contributed by atoms with Gasteiger partial charge >= 0.3 is 0 Å². The van der Waals surface area contributed by atoms with Crippen molar-refractivity contribution >= 4 is 22.2 Å². The molecule has 0 aliphatic carbocycles. The molecule has 0 atom stereocenters. The number of hydrogen-bond donors (Lipinski definition) is 2. The van der Waals surface area contributed by atoms with Crippen molar-refractivity contribution in [2.45, 2.75) is 6.42 Å². The lowest BCUT2D eigenvalue weighted by Gasteiger charge is -2.10. The molecule has 0 saturated heterocycles. The first-order valence-corrected chi connectivity index (χ1v) is 6.15. The van der Waals surface area contributed by atoms with Gasteiger partial charge in [-0.3, -0.25) is 0 Å². The SMILES string of the molecule is O=CCc1cc(O)cc(-c2cccc(Br)c2)c1O. The maximum atomic E-state index is 10.5. The van der Waals surface area contributed by atoms with E-state index in [9.17, 15) is 15.0 Å². The predicted octanol–water partition coefficient (Wildman–Crippen LogP) is 3.27. The predicted molar refractivity (Wildman–Crippen MR) is 72.7 cm³/mol. The van der Waals surface area contributed by atoms with E-state index in [1.807, 2.05) is 24.3 Å². The molecule has 18 heavy (non-hydrogen) atoms. The number of aromatic hydroxyl groups is 2. The Hall–Kier alpha value is -1.81. The molecule has 2 rings (SSSR count). The minimum absolute atomic E-state index is 0.0259. The van der Waals surface area contributed by atoms with Crippen molar-refractivity contribution in [3.05, 3.63) is 46.4 Å². The van der Waals surface area contributed by atoms with Crippen LogP contribution in [0.3, 0.4) is 0 Å². The Morgan fingerprint density at radius 1 is 1.17 bits per heavy atom. The maximum absolute atomic E-state index is 10.5. The number of phenols is 2. The molecule has 0 aromatic heterocycles. The number of phenolic OH excluding ortho intramolecular Hbond substituents is 2. The fourth-order valence-electron chi connectivity index (χ4n) is 1.80. The normalized spacial score (nSPS) is 10.3. The Morgan fingerprint density at radius 2 is 1.94 bits per heavy atom. The molecule has 0 saturated carbocycles. The third kappa shape index (κ3) is 2.54. The third-order valence-corrected chi connectivity index (χ3v) is 3.11. The summed E-state index contributed by atoms with van der Waals surface area (Å²) in [5.41, 5.74) is 1.69. The van der Waals surface area contributed by atoms with Crippen molar-refractivity contribution in [1.82, 2.24) is 0 Å². The zero-order chi connectivity index (χ0) is 13.1. The smallest absolute Gasteiger partial charge is 0.127 e. The molecule has 0 heterocycles. The number of carbonyl (C=O) groups is 1. The summed E-state index contributed by atoms with van der Waals surface area (Å²) in [6.45, 7) is 0. The Labute approximate surface area is 113 Å². The van der Waals surface area contributed by atoms with E-state index in [0.717, 1.165) is 10.0 Å². The number of halogens is 1. The van der Waals surface area contributed by atoms with Gasteiger partial charge in [0.25, 0.3) is 0 Å². The second-order valence-electron chi connectivity index (χ2n) is 3.88. The van der Waals surface area contributed by atoms with Crippen molar-refractivity contribution in [1.29, 1.82) is 0 Å². The van der Waals surface area contributed by atoms with Crippen molar-refractivity contribution in [3.8, 4) is 22.6 Å². The average molecular weight is 307 g/mol. The molecule has 0 unspecified atom stereocenters. The number of benzene rings is 2. The van der Waals surface area contributed by atoms with Crippen LogP contribution < -0.4 is 0 Å². The van der Waals surface area contributed by atoms with Gasteiger partial charge in [0, 0.05) is 22.0 Å². The largest absolute Gasteiger partial charge is 0.508 e. The van der Waals surface area contributed by atoms with Crippen LogP contribution in [0.25, 0.3) is 11.1 Å². The lowest BCUT2D eigenvalue weighted by atomic mass is 9.99. The van der Waals surface area contributed by atoms with Crippen LogP contribution in [0, 0.1) is 0 Å². The highest BCUT2D eigenvalue weighted by Gasteiger charge is 2.11. The van der Waals surface area contributed by atoms with E-state index >= 15 is 0 Å². The van der Waals surface area contributed by atoms with Crippen molar-refractivity contribution in [2.24, 2.45) is 0 Å². The summed E-state index contributed by atoms with van der Waals surface area (Å²) < 4.78 is 0.875. The molecular weight excluding hydrogens is 296 g/mol. The summed E-state index contributed by atoms with van der Waals surface area (Å²) in [5, 5.41) is 19.7. The summed E-state index contributed by atoms with van der Waals surface area (Å²) in [6.07, 6.45) is 0.764. The highest BCUT2D eigenvalue weighted by atomic mass is 79.9. The zero-order valence-electron chi connectivity index (χ0n) is 9.43. The quantitative estimate of drug-likeness (QED) is 0.676. The second kappa shape index (κ2) is 5.23. The van der Waals surface area contributed by atoms with E-state index in [2.05, 4.69) is 15.9 Å². The van der Waals surface area contributed by atoms with E-state index in [1.165, 1.54) is 12.1 Å². The number of rotatable bonds is 3. The van der Waals surface area contributed by atoms with Gasteiger partial charge in [-0.05, 0) is 29.8 Å². The third-order valence-electron chi connectivity index (χ3n) is 2.61. The number of hydrogen-bond acceptors (Lipinski definition) is 3. The van der Waals surface area contributed by atoms with Crippen LogP contribution in [0.2, 0.25) is 0 Å². The van der Waals surface area contributed by atoms with Gasteiger partial charge in [0.1, 0.15) is 17.8 Å². The Balaban J connectivity index is 2.60. The lowest BCUT2D eigenvalue weighted by Crippen LogP contribution is -1.90. The minimum atomic E-state index is 0.0259. The summed E-state index contributed by atoms with van der Waals surface area (Å²) >= 11 is 3.35. The van der Waals surface area contributed by atoms with Crippen LogP contribution in [0.15, 0.2) is 40.9 Å². The van der Waals surface area contributed by atoms with Gasteiger partial charge in [-0.2, -0.15) is 0 Å². The monoisotopic (exact) mass is 306 g/mol. The zero-order valence-corrected chi connectivity index (χ0v) is 11.0. The molecule has 3 nitrogen and oxygen atoms in total. The molecule has 0 fully saturated rings. The summed E-state index contributed by atoms with van der Waals surface area (Å²) in [7, 11) is 0. The van der Waals surface area contributed by atoms with Gasteiger partial charge in [-0.15, -0.1) is 0 Å². The number of carbonyl (C=O) groups excluding carboxylic acids is 1. The van der Waals surface area contributed by atoms with Crippen LogP contribution in [0.4, 0.5) is 0 Å². The first-order valence-electron chi connectivity index (χ1n) is 5.36. The van der Waals surface area contributed by atoms with Crippen LogP contribution in [0.1, 0.15) is 5.56 Å². The highest BCUT2D eigenvalue weighted by Crippen LogP contribution is 2.36. The fourth-order valence-corrected chi connectivity index (χ4v) is 2.20. The Morgan fingerprint density at radius 3 is 2.61 bits per heavy atom. The Kier molecular flexibility index (Phi) is 3.67. The van der Waals surface area contributed by atoms with E-state index < -0.39 is 0 Å². The molecule has 2 aromatic carbocycles. The van der Waals surface area contributed by atoms with E-state index in [0.29, 0.717) is 17.4 Å². The molecule has 0 spiro atoms. The molecule has 0 amide bonds. The van der Waals surface area contributed by atoms with Crippen molar-refractivity contribution < 1.29 is 15.0 Å². The summed E-state index contributed by atoms with van der Waals surface area (Å²) in [4.78, 5) is 10.5. The molecule has 0 aliphatic rings. The molecule has 92 valence electrons. The second-order valence-corrected chi connectivity index (χ2v) is 4.80. The first-order chi connectivity index (χ1) is 8.61. The molecule has 0 radical (unpaired) electrons. The van der Waals surface area contributed by atoms with Gasteiger partial charge in [-0.25, -0.2) is 0 Å². The van der Waals surface area contributed by atoms with Gasteiger partial charge < -0.3 is 15.0 Å². The first kappa shape index (κ1) is 12.6. The molecule has 0 aliphatic heterocycles. The lowest BCUT2D eigenvalue weighted by molar-refractivity contribution is -0.107. The number of aldehydes is 1. The highest BCUT2D eigenvalue weighted by molar-refractivity contribution is 9.10. The van der Waals surface area contributed by atoms with Gasteiger partial charge in [0.05, 0.1) is 0 Å². The van der Waals surface area contributed by atoms with E-state index in [1.54, 1.807) is 0 Å². The van der Waals surface area contributed by atoms with Crippen molar-refractivity contribution in [3.63, 3.8) is 0 Å². The maximum Gasteiger partial charge on any atom is 0.127 e. The standard InChI is InChI=1S/C14H11BrO3/c15-11-3-1-2-9(6-11)13-8-12(17)7-10(4-5-16)14(13)18/h1-3,5-8,17-18H,4H2. The van der Waals surface area contributed by atoms with Crippen LogP contribution in [0.5, 0.6) is 11.5 Å². The fraction of sp³-hybridized carbons (Fsp3) is 0.0714.